The van der Waals surface area contributed by atoms with Crippen LogP contribution in [0.2, 0.25) is 0 Å². The highest BCUT2D eigenvalue weighted by atomic mass is 32.2. The molecule has 5 rings (SSSR count). The summed E-state index contributed by atoms with van der Waals surface area (Å²) >= 11 is 1.34. The summed E-state index contributed by atoms with van der Waals surface area (Å²) in [5.74, 6) is -0.925. The van der Waals surface area contributed by atoms with E-state index >= 15 is 0 Å². The first-order chi connectivity index (χ1) is 21.4. The Balaban J connectivity index is 1.47. The average molecular weight is 640 g/mol. The summed E-state index contributed by atoms with van der Waals surface area (Å²) in [6.07, 6.45) is 2.40. The first-order valence-corrected chi connectivity index (χ1v) is 16.7. The molecule has 5 heterocycles. The summed E-state index contributed by atoms with van der Waals surface area (Å²) in [7, 11) is 0. The van der Waals surface area contributed by atoms with Gasteiger partial charge >= 0.3 is 11.9 Å². The zero-order chi connectivity index (χ0) is 32.6. The minimum absolute atomic E-state index is 0.0272. The lowest BCUT2D eigenvalue weighted by Crippen LogP contribution is -2.32. The van der Waals surface area contributed by atoms with E-state index in [9.17, 15) is 34.5 Å². The second-order valence-electron chi connectivity index (χ2n) is 12.4. The van der Waals surface area contributed by atoms with Gasteiger partial charge in [-0.3, -0.25) is 19.2 Å². The first-order valence-electron chi connectivity index (χ1n) is 15.5. The Bertz CT molecular complexity index is 1610. The van der Waals surface area contributed by atoms with Crippen LogP contribution < -0.4 is 10.6 Å². The number of carboxylic acid groups (broad SMARTS) is 2. The molecule has 0 spiro atoms. The van der Waals surface area contributed by atoms with Gasteiger partial charge in [0.05, 0.1) is 12.1 Å². The van der Waals surface area contributed by atoms with Crippen molar-refractivity contribution in [2.75, 3.05) is 12.4 Å². The summed E-state index contributed by atoms with van der Waals surface area (Å²) in [6, 6.07) is -0.339. The summed E-state index contributed by atoms with van der Waals surface area (Å²) in [5, 5.41) is 35.0. The molecule has 11 nitrogen and oxygen atoms in total. The quantitative estimate of drug-likeness (QED) is 0.0881. The van der Waals surface area contributed by atoms with Crippen molar-refractivity contribution >= 4 is 35.5 Å². The minimum Gasteiger partial charge on any atom is -0.481 e. The van der Waals surface area contributed by atoms with Crippen LogP contribution >= 0.6 is 0 Å². The van der Waals surface area contributed by atoms with Gasteiger partial charge in [-0.15, -0.1) is 0 Å². The molecule has 3 aliphatic rings. The molecule has 2 amide bonds. The molecular formula is C33H43N4O7S+. The largest absolute Gasteiger partial charge is 0.481 e. The second kappa shape index (κ2) is 13.3. The fourth-order valence-corrected chi connectivity index (χ4v) is 7.83. The molecule has 7 N–H and O–H groups in total. The van der Waals surface area contributed by atoms with Gasteiger partial charge in [-0.2, -0.15) is 0 Å². The Hall–Kier alpha value is -3.77. The molecule has 3 aliphatic heterocycles. The monoisotopic (exact) mass is 639 g/mol. The number of aliphatic hydroxyl groups is 1. The van der Waals surface area contributed by atoms with Crippen molar-refractivity contribution in [2.24, 2.45) is 0 Å². The van der Waals surface area contributed by atoms with Gasteiger partial charge in [-0.1, -0.05) is 0 Å². The maximum Gasteiger partial charge on any atom is 0.303 e. The van der Waals surface area contributed by atoms with Crippen LogP contribution in [0.25, 0.3) is 0 Å². The van der Waals surface area contributed by atoms with E-state index in [1.807, 2.05) is 27.7 Å². The third kappa shape index (κ3) is 6.91. The van der Waals surface area contributed by atoms with Crippen LogP contribution in [0.15, 0.2) is 22.3 Å². The van der Waals surface area contributed by atoms with E-state index < -0.39 is 11.9 Å². The smallest absolute Gasteiger partial charge is 0.303 e. The van der Waals surface area contributed by atoms with Gasteiger partial charge in [-0.25, -0.2) is 0 Å². The Morgan fingerprint density at radius 1 is 0.778 bits per heavy atom. The number of aromatic nitrogens is 2. The topological polar surface area (TPSA) is 185 Å². The minimum atomic E-state index is -0.897. The number of carbonyl (C=O) groups excluding carboxylic acids is 2. The number of aliphatic carboxylic acids is 2. The van der Waals surface area contributed by atoms with Gasteiger partial charge in [0.25, 0.3) is 0 Å². The van der Waals surface area contributed by atoms with Crippen LogP contribution in [0.5, 0.6) is 0 Å². The summed E-state index contributed by atoms with van der Waals surface area (Å²) in [6.45, 7) is 7.63. The Kier molecular flexibility index (Phi) is 9.64. The Morgan fingerprint density at radius 2 is 1.29 bits per heavy atom. The van der Waals surface area contributed by atoms with Crippen LogP contribution in [0.3, 0.4) is 0 Å². The molecule has 3 atom stereocenters. The normalized spacial score (nSPS) is 21.1. The molecule has 0 saturated carbocycles. The highest BCUT2D eigenvalue weighted by Crippen LogP contribution is 2.34. The fraction of sp³-hybridized carbons (Fsp3) is 0.515. The van der Waals surface area contributed by atoms with E-state index in [-0.39, 0.29) is 43.3 Å². The maximum absolute atomic E-state index is 12.6. The van der Waals surface area contributed by atoms with E-state index in [2.05, 4.69) is 20.6 Å². The van der Waals surface area contributed by atoms with Gasteiger partial charge in [0.15, 0.2) is 11.0 Å². The number of aromatic amines is 2. The van der Waals surface area contributed by atoms with Crippen molar-refractivity contribution in [1.29, 1.82) is 0 Å². The zero-order valence-corrected chi connectivity index (χ0v) is 27.1. The Labute approximate surface area is 266 Å². The number of H-pyrrole nitrogens is 2. The van der Waals surface area contributed by atoms with Crippen molar-refractivity contribution in [3.63, 3.8) is 0 Å². The van der Waals surface area contributed by atoms with E-state index in [1.165, 1.54) is 17.3 Å². The van der Waals surface area contributed by atoms with E-state index in [0.29, 0.717) is 49.3 Å². The summed E-state index contributed by atoms with van der Waals surface area (Å²) in [4.78, 5) is 55.4. The lowest BCUT2D eigenvalue weighted by Gasteiger charge is -2.13. The van der Waals surface area contributed by atoms with Crippen LogP contribution in [-0.2, 0) is 63.0 Å². The predicted molar refractivity (Wildman–Crippen MR) is 172 cm³/mol. The lowest BCUT2D eigenvalue weighted by atomic mass is 9.95. The van der Waals surface area contributed by atoms with Crippen molar-refractivity contribution in [1.82, 2.24) is 20.6 Å². The van der Waals surface area contributed by atoms with Gasteiger partial charge < -0.3 is 35.9 Å². The third-order valence-corrected chi connectivity index (χ3v) is 10.6. The van der Waals surface area contributed by atoms with Crippen molar-refractivity contribution in [2.45, 2.75) is 96.4 Å². The van der Waals surface area contributed by atoms with Crippen molar-refractivity contribution in [3.05, 3.63) is 67.3 Å². The average Bonchev–Trinajstić information content (AvgIpc) is 3.56. The van der Waals surface area contributed by atoms with E-state index in [1.54, 1.807) is 0 Å². The van der Waals surface area contributed by atoms with Crippen LogP contribution in [0.4, 0.5) is 0 Å². The number of aliphatic hydroxyl groups excluding tert-OH is 1. The molecule has 0 aliphatic carbocycles. The van der Waals surface area contributed by atoms with Crippen LogP contribution in [0.1, 0.15) is 78.1 Å². The van der Waals surface area contributed by atoms with Gasteiger partial charge in [0.1, 0.15) is 0 Å². The number of hydrogen-bond acceptors (Lipinski definition) is 5. The molecule has 2 aromatic rings. The van der Waals surface area contributed by atoms with Crippen LogP contribution in [0, 0.1) is 13.8 Å². The van der Waals surface area contributed by atoms with Gasteiger partial charge in [-0.05, 0) is 80.1 Å². The summed E-state index contributed by atoms with van der Waals surface area (Å²) in [5.41, 5.74) is 10.8. The molecule has 1 fully saturated rings. The highest BCUT2D eigenvalue weighted by Gasteiger charge is 2.47. The number of rotatable bonds is 15. The number of amides is 2. The number of nitrogens with one attached hydrogen (secondary N) is 4. The molecular weight excluding hydrogens is 596 g/mol. The highest BCUT2D eigenvalue weighted by molar-refractivity contribution is 7.87. The van der Waals surface area contributed by atoms with E-state index in [0.717, 1.165) is 61.9 Å². The standard InChI is InChI=1S/C33H42N4O7S/c1-15-19(5-7-29(39)40)25(34-22(15)11-24-17(3)21(9-10-38)33(44)36-24)13-26-20(6-8-30(41)42)16(2)23(35-26)12-27-31(28-14-45-28)18(4)32(43)37-27/h24,27-28,34-35,38H,5-14H2,1-4H3,(H,36,44)(H,37,43)(H,39,40)(H,41,42)/p+1/t24-,27+,28+/m1/s1. The molecule has 242 valence electrons. The predicted octanol–water partition coefficient (Wildman–Crippen LogP) is 1.88. The van der Waals surface area contributed by atoms with E-state index in [4.69, 9.17) is 0 Å². The first kappa shape index (κ1) is 32.6. The molecule has 0 radical (unpaired) electrons. The Morgan fingerprint density at radius 3 is 1.78 bits per heavy atom. The third-order valence-electron chi connectivity index (χ3n) is 9.61. The molecule has 45 heavy (non-hydrogen) atoms. The zero-order valence-electron chi connectivity index (χ0n) is 26.2. The second-order valence-corrected chi connectivity index (χ2v) is 13.7. The van der Waals surface area contributed by atoms with Gasteiger partial charge in [0, 0.05) is 84.6 Å². The summed E-state index contributed by atoms with van der Waals surface area (Å²) < 4.78 is 0. The lowest BCUT2D eigenvalue weighted by molar-refractivity contribution is -0.138. The van der Waals surface area contributed by atoms with Crippen LogP contribution in [-0.4, -0.2) is 78.7 Å². The number of carbonyl (C=O) groups is 4. The maximum atomic E-state index is 12.6. The molecule has 0 unspecified atom stereocenters. The van der Waals surface area contributed by atoms with Gasteiger partial charge in [0.2, 0.25) is 11.8 Å². The number of carboxylic acids is 2. The van der Waals surface area contributed by atoms with Crippen molar-refractivity contribution < 1.29 is 34.5 Å². The SMILES string of the molecule is CC1=C([C@@H]2C[SH+]2)[C@H](Cc2[nH]c(Cc3[nH]c(C[C@H]4NC(=O)C(CCO)=C4C)c(C)c3CCC(=O)O)c(CCC(=O)O)c2C)NC1=O. The molecule has 0 aromatic carbocycles. The molecule has 1 saturated heterocycles. The molecule has 0 bridgehead atoms. The van der Waals surface area contributed by atoms with Crippen molar-refractivity contribution in [3.8, 4) is 0 Å². The molecule has 2 aromatic heterocycles. The number of thiol groups is 1. The number of hydrogen-bond donors (Lipinski definition) is 7. The molecule has 12 heteroatoms. The fourth-order valence-electron chi connectivity index (χ4n) is 6.95.